The molecule has 8 heteroatoms. The Morgan fingerprint density at radius 1 is 1.04 bits per heavy atom. The maximum atomic E-state index is 13.0. The van der Waals surface area contributed by atoms with Crippen LogP contribution in [0.1, 0.15) is 18.2 Å². The zero-order chi connectivity index (χ0) is 19.9. The van der Waals surface area contributed by atoms with E-state index in [2.05, 4.69) is 10.3 Å². The van der Waals surface area contributed by atoms with Gasteiger partial charge >= 0.3 is 6.03 Å². The molecule has 2 heterocycles. The summed E-state index contributed by atoms with van der Waals surface area (Å²) < 4.78 is 0. The molecule has 1 atom stereocenters. The third-order valence-electron chi connectivity index (χ3n) is 4.66. The molecule has 1 N–H and O–H groups in total. The number of imide groups is 1. The number of thiazole rings is 1. The number of halogens is 2. The summed E-state index contributed by atoms with van der Waals surface area (Å²) in [6.07, 6.45) is 0. The molecule has 1 fully saturated rings. The van der Waals surface area contributed by atoms with Crippen molar-refractivity contribution in [3.8, 4) is 10.6 Å². The minimum absolute atomic E-state index is 0.109. The minimum atomic E-state index is -1.13. The first-order chi connectivity index (χ1) is 13.4. The van der Waals surface area contributed by atoms with Gasteiger partial charge in [0.1, 0.15) is 10.5 Å². The van der Waals surface area contributed by atoms with E-state index in [4.69, 9.17) is 23.2 Å². The Kier molecular flexibility index (Phi) is 4.87. The fraction of sp³-hybridized carbons (Fsp3) is 0.150. The van der Waals surface area contributed by atoms with E-state index in [0.29, 0.717) is 21.3 Å². The molecule has 28 heavy (non-hydrogen) atoms. The van der Waals surface area contributed by atoms with E-state index < -0.39 is 11.6 Å². The van der Waals surface area contributed by atoms with Crippen LogP contribution < -0.4 is 5.32 Å². The van der Waals surface area contributed by atoms with Crippen LogP contribution in [0.25, 0.3) is 10.6 Å². The second-order valence-electron chi connectivity index (χ2n) is 6.60. The smallest absolute Gasteiger partial charge is 0.319 e. The van der Waals surface area contributed by atoms with Crippen LogP contribution in [0.2, 0.25) is 10.0 Å². The van der Waals surface area contributed by atoms with E-state index >= 15 is 0 Å². The van der Waals surface area contributed by atoms with E-state index in [1.165, 1.54) is 16.2 Å². The first kappa shape index (κ1) is 18.9. The van der Waals surface area contributed by atoms with Gasteiger partial charge in [0.2, 0.25) is 0 Å². The highest BCUT2D eigenvalue weighted by atomic mass is 35.5. The molecule has 0 spiro atoms. The van der Waals surface area contributed by atoms with E-state index in [1.807, 2.05) is 17.5 Å². The second-order valence-corrected chi connectivity index (χ2v) is 8.34. The molecule has 1 aliphatic heterocycles. The molecule has 0 aliphatic carbocycles. The molecule has 2 aromatic carbocycles. The number of carbonyl (C=O) groups excluding carboxylic acids is 2. The maximum Gasteiger partial charge on any atom is 0.325 e. The lowest BCUT2D eigenvalue weighted by atomic mass is 9.92. The molecule has 0 radical (unpaired) electrons. The van der Waals surface area contributed by atoms with Gasteiger partial charge in [-0.1, -0.05) is 47.5 Å². The molecule has 0 unspecified atom stereocenters. The standard InChI is InChI=1S/C20H15Cl2N3O2S/c1-20(13-4-8-15(22)9-5-13)18(26)25(19(27)24-20)10-16-11-28-17(23-16)12-2-6-14(21)7-3-12/h2-9,11H,10H2,1H3,(H,24,27)/t20-/m0/s1. The van der Waals surface area contributed by atoms with Crippen molar-refractivity contribution in [1.82, 2.24) is 15.2 Å². The van der Waals surface area contributed by atoms with Crippen LogP contribution in [-0.4, -0.2) is 21.8 Å². The molecule has 142 valence electrons. The van der Waals surface area contributed by atoms with E-state index in [1.54, 1.807) is 43.3 Å². The molecule has 1 aromatic heterocycles. The molecular weight excluding hydrogens is 417 g/mol. The molecule has 1 saturated heterocycles. The highest BCUT2D eigenvalue weighted by Gasteiger charge is 2.49. The summed E-state index contributed by atoms with van der Waals surface area (Å²) in [7, 11) is 0. The predicted molar refractivity (Wildman–Crippen MR) is 110 cm³/mol. The quantitative estimate of drug-likeness (QED) is 0.585. The molecule has 5 nitrogen and oxygen atoms in total. The van der Waals surface area contributed by atoms with Gasteiger partial charge in [0.05, 0.1) is 12.2 Å². The lowest BCUT2D eigenvalue weighted by molar-refractivity contribution is -0.131. The Morgan fingerprint density at radius 3 is 2.29 bits per heavy atom. The van der Waals surface area contributed by atoms with Gasteiger partial charge in [0.15, 0.2) is 0 Å². The number of benzene rings is 2. The van der Waals surface area contributed by atoms with Gasteiger partial charge in [-0.3, -0.25) is 9.69 Å². The number of amides is 3. The molecule has 4 rings (SSSR count). The average Bonchev–Trinajstić information content (AvgIpc) is 3.22. The molecule has 0 saturated carbocycles. The maximum absolute atomic E-state index is 13.0. The SMILES string of the molecule is C[C@@]1(c2ccc(Cl)cc2)NC(=O)N(Cc2csc(-c3ccc(Cl)cc3)n2)C1=O. The number of nitrogens with zero attached hydrogens (tertiary/aromatic N) is 2. The topological polar surface area (TPSA) is 62.3 Å². The van der Waals surface area contributed by atoms with Gasteiger partial charge in [-0.05, 0) is 36.8 Å². The van der Waals surface area contributed by atoms with Gasteiger partial charge < -0.3 is 5.32 Å². The third-order valence-corrected chi connectivity index (χ3v) is 6.10. The van der Waals surface area contributed by atoms with Crippen LogP contribution in [0.3, 0.4) is 0 Å². The molecular formula is C20H15Cl2N3O2S. The van der Waals surface area contributed by atoms with E-state index in [0.717, 1.165) is 10.6 Å². The summed E-state index contributed by atoms with van der Waals surface area (Å²) in [5, 5.41) is 6.66. The fourth-order valence-electron chi connectivity index (χ4n) is 3.09. The van der Waals surface area contributed by atoms with Gasteiger partial charge in [0, 0.05) is 21.0 Å². The highest BCUT2D eigenvalue weighted by Crippen LogP contribution is 2.31. The number of nitrogens with one attached hydrogen (secondary N) is 1. The van der Waals surface area contributed by atoms with Crippen molar-refractivity contribution in [3.05, 3.63) is 75.2 Å². The number of hydrogen-bond acceptors (Lipinski definition) is 4. The predicted octanol–water partition coefficient (Wildman–Crippen LogP) is 5.08. The van der Waals surface area contributed by atoms with Crippen molar-refractivity contribution in [3.63, 3.8) is 0 Å². The monoisotopic (exact) mass is 431 g/mol. The summed E-state index contributed by atoms with van der Waals surface area (Å²) in [6, 6.07) is 13.8. The van der Waals surface area contributed by atoms with Crippen LogP contribution in [-0.2, 0) is 16.9 Å². The van der Waals surface area contributed by atoms with Crippen molar-refractivity contribution in [2.45, 2.75) is 19.0 Å². The van der Waals surface area contributed by atoms with Crippen LogP contribution in [0.15, 0.2) is 53.9 Å². The molecule has 1 aliphatic rings. The first-order valence-corrected chi connectivity index (χ1v) is 10.1. The fourth-order valence-corrected chi connectivity index (χ4v) is 4.16. The van der Waals surface area contributed by atoms with Crippen molar-refractivity contribution in [2.75, 3.05) is 0 Å². The summed E-state index contributed by atoms with van der Waals surface area (Å²) in [5.74, 6) is -0.319. The largest absolute Gasteiger partial charge is 0.325 e. The van der Waals surface area contributed by atoms with Crippen molar-refractivity contribution < 1.29 is 9.59 Å². The van der Waals surface area contributed by atoms with Gasteiger partial charge in [-0.25, -0.2) is 9.78 Å². The molecule has 3 aromatic rings. The average molecular weight is 432 g/mol. The number of carbonyl (C=O) groups is 2. The summed E-state index contributed by atoms with van der Waals surface area (Å²) >= 11 is 13.3. The number of rotatable bonds is 4. The lowest BCUT2D eigenvalue weighted by Gasteiger charge is -2.22. The highest BCUT2D eigenvalue weighted by molar-refractivity contribution is 7.13. The van der Waals surface area contributed by atoms with E-state index in [9.17, 15) is 9.59 Å². The van der Waals surface area contributed by atoms with Crippen LogP contribution in [0.4, 0.5) is 4.79 Å². The number of aromatic nitrogens is 1. The van der Waals surface area contributed by atoms with Crippen LogP contribution in [0, 0.1) is 0 Å². The zero-order valence-electron chi connectivity index (χ0n) is 14.8. The molecule has 0 bridgehead atoms. The Bertz CT molecular complexity index is 1050. The van der Waals surface area contributed by atoms with Crippen molar-refractivity contribution in [1.29, 1.82) is 0 Å². The van der Waals surface area contributed by atoms with Gasteiger partial charge in [0.25, 0.3) is 5.91 Å². The van der Waals surface area contributed by atoms with Gasteiger partial charge in [-0.2, -0.15) is 0 Å². The Morgan fingerprint density at radius 2 is 1.64 bits per heavy atom. The van der Waals surface area contributed by atoms with Gasteiger partial charge in [-0.15, -0.1) is 11.3 Å². The second kappa shape index (κ2) is 7.20. The Balaban J connectivity index is 1.55. The first-order valence-electron chi connectivity index (χ1n) is 8.47. The third kappa shape index (κ3) is 3.39. The Hall–Kier alpha value is -2.41. The zero-order valence-corrected chi connectivity index (χ0v) is 17.1. The lowest BCUT2D eigenvalue weighted by Crippen LogP contribution is -2.40. The minimum Gasteiger partial charge on any atom is -0.319 e. The molecule has 3 amide bonds. The van der Waals surface area contributed by atoms with E-state index in [-0.39, 0.29) is 12.5 Å². The van der Waals surface area contributed by atoms with Crippen molar-refractivity contribution >= 4 is 46.5 Å². The summed E-state index contributed by atoms with van der Waals surface area (Å²) in [4.78, 5) is 31.2. The summed E-state index contributed by atoms with van der Waals surface area (Å²) in [5.41, 5.74) is 1.14. The number of urea groups is 1. The van der Waals surface area contributed by atoms with Crippen molar-refractivity contribution in [2.24, 2.45) is 0 Å². The Labute approximate surface area is 175 Å². The van der Waals surface area contributed by atoms with Crippen LogP contribution >= 0.6 is 34.5 Å². The van der Waals surface area contributed by atoms with Crippen LogP contribution in [0.5, 0.6) is 0 Å². The normalized spacial score (nSPS) is 19.2. The summed E-state index contributed by atoms with van der Waals surface area (Å²) in [6.45, 7) is 1.80. The number of hydrogen-bond donors (Lipinski definition) is 1.